The lowest BCUT2D eigenvalue weighted by molar-refractivity contribution is -0.384. The van der Waals surface area contributed by atoms with Crippen LogP contribution in [0.5, 0.6) is 11.5 Å². The molecule has 0 unspecified atom stereocenters. The van der Waals surface area contributed by atoms with Crippen molar-refractivity contribution in [3.05, 3.63) is 57.6 Å². The molecule has 1 N–H and O–H groups in total. The fraction of sp³-hybridized carbons (Fsp3) is 0.200. The predicted octanol–water partition coefficient (Wildman–Crippen LogP) is 4.86. The highest BCUT2D eigenvalue weighted by atomic mass is 35.5. The molecule has 0 fully saturated rings. The molecule has 0 aliphatic rings. The maximum absolute atomic E-state index is 11.0. The molecule has 5 nitrogen and oxygen atoms in total. The zero-order valence-electron chi connectivity index (χ0n) is 11.5. The van der Waals surface area contributed by atoms with E-state index in [1.54, 1.807) is 30.3 Å². The molecular weight excluding hydrogens is 292 g/mol. The van der Waals surface area contributed by atoms with Crippen LogP contribution < -0.4 is 10.1 Å². The zero-order chi connectivity index (χ0) is 15.2. The number of ether oxygens (including phenoxy) is 1. The third kappa shape index (κ3) is 4.10. The van der Waals surface area contributed by atoms with Crippen LogP contribution in [0.3, 0.4) is 0 Å². The second-order valence-electron chi connectivity index (χ2n) is 4.43. The molecule has 2 aromatic rings. The van der Waals surface area contributed by atoms with Gasteiger partial charge in [-0.15, -0.1) is 0 Å². The third-order valence-electron chi connectivity index (χ3n) is 2.75. The summed E-state index contributed by atoms with van der Waals surface area (Å²) in [6.45, 7) is 2.75. The molecule has 0 aliphatic heterocycles. The fourth-order valence-corrected chi connectivity index (χ4v) is 1.95. The summed E-state index contributed by atoms with van der Waals surface area (Å²) in [5.41, 5.74) is 0.617. The van der Waals surface area contributed by atoms with E-state index >= 15 is 0 Å². The van der Waals surface area contributed by atoms with E-state index < -0.39 is 4.92 Å². The number of rotatable bonds is 6. The quantitative estimate of drug-likeness (QED) is 0.611. The highest BCUT2D eigenvalue weighted by Crippen LogP contribution is 2.33. The van der Waals surface area contributed by atoms with Gasteiger partial charge in [-0.1, -0.05) is 30.7 Å². The highest BCUT2D eigenvalue weighted by molar-refractivity contribution is 6.32. The van der Waals surface area contributed by atoms with Crippen molar-refractivity contribution in [1.29, 1.82) is 0 Å². The molecule has 110 valence electrons. The molecule has 0 saturated heterocycles. The van der Waals surface area contributed by atoms with Crippen LogP contribution in [0.4, 0.5) is 11.4 Å². The molecule has 0 bridgehead atoms. The number of anilines is 1. The Kier molecular flexibility index (Phi) is 5.00. The van der Waals surface area contributed by atoms with Crippen molar-refractivity contribution in [3.63, 3.8) is 0 Å². The summed E-state index contributed by atoms with van der Waals surface area (Å²) in [6, 6.07) is 11.6. The van der Waals surface area contributed by atoms with Gasteiger partial charge in [-0.25, -0.2) is 0 Å². The van der Waals surface area contributed by atoms with Crippen molar-refractivity contribution in [2.75, 3.05) is 11.9 Å². The highest BCUT2D eigenvalue weighted by Gasteiger charge is 2.12. The van der Waals surface area contributed by atoms with Gasteiger partial charge in [0.05, 0.1) is 16.0 Å². The smallest absolute Gasteiger partial charge is 0.275 e. The Morgan fingerprint density at radius 2 is 2.05 bits per heavy atom. The van der Waals surface area contributed by atoms with E-state index in [-0.39, 0.29) is 5.69 Å². The number of hydrogen-bond acceptors (Lipinski definition) is 4. The maximum Gasteiger partial charge on any atom is 0.275 e. The Bertz CT molecular complexity index is 647. The number of nitro benzene ring substituents is 1. The van der Waals surface area contributed by atoms with Gasteiger partial charge in [0, 0.05) is 24.4 Å². The molecule has 0 saturated carbocycles. The zero-order valence-corrected chi connectivity index (χ0v) is 12.3. The average Bonchev–Trinajstić information content (AvgIpc) is 2.47. The summed E-state index contributed by atoms with van der Waals surface area (Å²) in [4.78, 5) is 10.5. The van der Waals surface area contributed by atoms with Gasteiger partial charge in [0.2, 0.25) is 0 Å². The number of hydrogen-bond donors (Lipinski definition) is 1. The second-order valence-corrected chi connectivity index (χ2v) is 4.84. The number of benzene rings is 2. The molecule has 0 aromatic heterocycles. The molecule has 21 heavy (non-hydrogen) atoms. The van der Waals surface area contributed by atoms with Gasteiger partial charge in [0.25, 0.3) is 5.69 Å². The van der Waals surface area contributed by atoms with E-state index in [1.165, 1.54) is 12.1 Å². The van der Waals surface area contributed by atoms with Gasteiger partial charge >= 0.3 is 0 Å². The Hall–Kier alpha value is -2.27. The van der Waals surface area contributed by atoms with Crippen molar-refractivity contribution >= 4 is 23.0 Å². The van der Waals surface area contributed by atoms with Gasteiger partial charge in [0.1, 0.15) is 11.5 Å². The second kappa shape index (κ2) is 6.95. The Morgan fingerprint density at radius 3 is 2.71 bits per heavy atom. The summed E-state index contributed by atoms with van der Waals surface area (Å²) in [5.74, 6) is 0.831. The van der Waals surface area contributed by atoms with Crippen LogP contribution >= 0.6 is 11.6 Å². The SMILES string of the molecule is CCCNc1cc(Oc2ccccc2Cl)cc([N+](=O)[O-])c1. The number of non-ortho nitro benzene ring substituents is 1. The maximum atomic E-state index is 11.0. The Labute approximate surface area is 127 Å². The lowest BCUT2D eigenvalue weighted by Gasteiger charge is -2.10. The van der Waals surface area contributed by atoms with E-state index in [9.17, 15) is 10.1 Å². The van der Waals surface area contributed by atoms with Crippen molar-refractivity contribution in [1.82, 2.24) is 0 Å². The summed E-state index contributed by atoms with van der Waals surface area (Å²) >= 11 is 6.03. The summed E-state index contributed by atoms with van der Waals surface area (Å²) in [6.07, 6.45) is 0.920. The third-order valence-corrected chi connectivity index (χ3v) is 3.06. The molecule has 6 heteroatoms. The van der Waals surface area contributed by atoms with Crippen LogP contribution in [0.2, 0.25) is 5.02 Å². The predicted molar refractivity (Wildman–Crippen MR) is 83.4 cm³/mol. The molecule has 0 spiro atoms. The number of halogens is 1. The minimum Gasteiger partial charge on any atom is -0.455 e. The van der Waals surface area contributed by atoms with Crippen LogP contribution in [0.25, 0.3) is 0 Å². The fourth-order valence-electron chi connectivity index (χ4n) is 1.77. The summed E-state index contributed by atoms with van der Waals surface area (Å²) in [7, 11) is 0. The molecule has 0 radical (unpaired) electrons. The van der Waals surface area contributed by atoms with E-state index in [1.807, 2.05) is 6.92 Å². The van der Waals surface area contributed by atoms with Gasteiger partial charge in [-0.05, 0) is 18.6 Å². The monoisotopic (exact) mass is 306 g/mol. The van der Waals surface area contributed by atoms with E-state index in [0.29, 0.717) is 22.2 Å². The molecule has 0 amide bonds. The lowest BCUT2D eigenvalue weighted by atomic mass is 10.2. The van der Waals surface area contributed by atoms with Crippen molar-refractivity contribution in [3.8, 4) is 11.5 Å². The molecule has 0 atom stereocenters. The number of nitrogens with one attached hydrogen (secondary N) is 1. The minimum absolute atomic E-state index is 0.0295. The molecule has 2 aromatic carbocycles. The number of nitro groups is 1. The molecule has 2 rings (SSSR count). The molecular formula is C15H15ClN2O3. The first-order valence-corrected chi connectivity index (χ1v) is 6.93. The van der Waals surface area contributed by atoms with Crippen LogP contribution in [0.1, 0.15) is 13.3 Å². The molecule has 0 heterocycles. The van der Waals surface area contributed by atoms with Crippen LogP contribution in [-0.4, -0.2) is 11.5 Å². The first kappa shape index (κ1) is 15.1. The van der Waals surface area contributed by atoms with Crippen molar-refractivity contribution in [2.24, 2.45) is 0 Å². The molecule has 0 aliphatic carbocycles. The summed E-state index contributed by atoms with van der Waals surface area (Å²) in [5, 5.41) is 14.6. The average molecular weight is 307 g/mol. The van der Waals surface area contributed by atoms with Crippen LogP contribution in [0.15, 0.2) is 42.5 Å². The lowest BCUT2D eigenvalue weighted by Crippen LogP contribution is -2.01. The topological polar surface area (TPSA) is 64.4 Å². The van der Waals surface area contributed by atoms with Gasteiger partial charge in [-0.3, -0.25) is 10.1 Å². The van der Waals surface area contributed by atoms with Crippen LogP contribution in [-0.2, 0) is 0 Å². The standard InChI is InChI=1S/C15H15ClN2O3/c1-2-7-17-11-8-12(18(19)20)10-13(9-11)21-15-6-4-3-5-14(15)16/h3-6,8-10,17H,2,7H2,1H3. The van der Waals surface area contributed by atoms with E-state index in [4.69, 9.17) is 16.3 Å². The van der Waals surface area contributed by atoms with Crippen LogP contribution in [0, 0.1) is 10.1 Å². The van der Waals surface area contributed by atoms with Gasteiger partial charge in [-0.2, -0.15) is 0 Å². The normalized spacial score (nSPS) is 10.2. The first-order chi connectivity index (χ1) is 10.1. The number of nitrogens with zero attached hydrogens (tertiary/aromatic N) is 1. The summed E-state index contributed by atoms with van der Waals surface area (Å²) < 4.78 is 5.64. The van der Waals surface area contributed by atoms with Gasteiger partial charge in [0.15, 0.2) is 0 Å². The van der Waals surface area contributed by atoms with Gasteiger partial charge < -0.3 is 10.1 Å². The first-order valence-electron chi connectivity index (χ1n) is 6.56. The Morgan fingerprint density at radius 1 is 1.29 bits per heavy atom. The minimum atomic E-state index is -0.448. The van der Waals surface area contributed by atoms with Crippen molar-refractivity contribution in [2.45, 2.75) is 13.3 Å². The van der Waals surface area contributed by atoms with E-state index in [2.05, 4.69) is 5.32 Å². The van der Waals surface area contributed by atoms with Crippen molar-refractivity contribution < 1.29 is 9.66 Å². The Balaban J connectivity index is 2.31. The number of para-hydroxylation sites is 1. The van der Waals surface area contributed by atoms with E-state index in [0.717, 1.165) is 13.0 Å². The largest absolute Gasteiger partial charge is 0.455 e.